The average Bonchev–Trinajstić information content (AvgIpc) is 2.30. The van der Waals surface area contributed by atoms with E-state index in [9.17, 15) is 8.42 Å². The van der Waals surface area contributed by atoms with Crippen LogP contribution < -0.4 is 5.32 Å². The standard InChI is InChI=1S/C12H18ClNO2S/c1-3-17(15,16)12-6-4-11(5-7-12)14-10(2)8-9-13/h4-7,10,14H,3,8-9H2,1-2H3. The summed E-state index contributed by atoms with van der Waals surface area (Å²) in [6, 6.07) is 7.12. The Morgan fingerprint density at radius 2 is 1.88 bits per heavy atom. The Morgan fingerprint density at radius 3 is 2.35 bits per heavy atom. The number of anilines is 1. The molecule has 1 aromatic rings. The van der Waals surface area contributed by atoms with E-state index in [-0.39, 0.29) is 11.8 Å². The molecule has 0 fully saturated rings. The van der Waals surface area contributed by atoms with Gasteiger partial charge in [-0.05, 0) is 37.6 Å². The molecule has 1 aromatic carbocycles. The van der Waals surface area contributed by atoms with Crippen LogP contribution in [0.15, 0.2) is 29.2 Å². The predicted molar refractivity (Wildman–Crippen MR) is 72.6 cm³/mol. The van der Waals surface area contributed by atoms with Crippen LogP contribution in [-0.4, -0.2) is 26.1 Å². The maximum absolute atomic E-state index is 11.6. The summed E-state index contributed by atoms with van der Waals surface area (Å²) < 4.78 is 23.2. The molecule has 96 valence electrons. The Hall–Kier alpha value is -0.740. The number of halogens is 1. The average molecular weight is 276 g/mol. The minimum atomic E-state index is -3.10. The lowest BCUT2D eigenvalue weighted by Crippen LogP contribution is -2.15. The lowest BCUT2D eigenvalue weighted by atomic mass is 10.2. The number of nitrogens with one attached hydrogen (secondary N) is 1. The second-order valence-electron chi connectivity index (χ2n) is 3.95. The van der Waals surface area contributed by atoms with E-state index in [0.29, 0.717) is 10.8 Å². The Bertz CT molecular complexity index is 442. The highest BCUT2D eigenvalue weighted by molar-refractivity contribution is 7.91. The van der Waals surface area contributed by atoms with E-state index in [4.69, 9.17) is 11.6 Å². The molecule has 0 radical (unpaired) electrons. The quantitative estimate of drug-likeness (QED) is 0.812. The highest BCUT2D eigenvalue weighted by Crippen LogP contribution is 2.16. The van der Waals surface area contributed by atoms with E-state index in [1.807, 2.05) is 6.92 Å². The molecule has 5 heteroatoms. The molecule has 0 aliphatic rings. The lowest BCUT2D eigenvalue weighted by molar-refractivity contribution is 0.597. The summed E-state index contributed by atoms with van der Waals surface area (Å²) in [5, 5.41) is 3.26. The summed E-state index contributed by atoms with van der Waals surface area (Å²) in [5.41, 5.74) is 0.915. The first kappa shape index (κ1) is 14.3. The molecular weight excluding hydrogens is 258 g/mol. The monoisotopic (exact) mass is 275 g/mol. The van der Waals surface area contributed by atoms with Gasteiger partial charge in [-0.2, -0.15) is 0 Å². The van der Waals surface area contributed by atoms with Crippen molar-refractivity contribution in [1.29, 1.82) is 0 Å². The zero-order valence-corrected chi connectivity index (χ0v) is 11.7. The Kier molecular flexibility index (Phi) is 5.28. The first-order valence-corrected chi connectivity index (χ1v) is 7.83. The van der Waals surface area contributed by atoms with Crippen molar-refractivity contribution in [3.8, 4) is 0 Å². The molecular formula is C12H18ClNO2S. The fourth-order valence-electron chi connectivity index (χ4n) is 1.45. The van der Waals surface area contributed by atoms with Gasteiger partial charge in [0.15, 0.2) is 9.84 Å². The minimum absolute atomic E-state index is 0.127. The molecule has 0 aliphatic carbocycles. The molecule has 3 nitrogen and oxygen atoms in total. The van der Waals surface area contributed by atoms with Gasteiger partial charge in [-0.25, -0.2) is 8.42 Å². The molecule has 1 N–H and O–H groups in total. The van der Waals surface area contributed by atoms with Gasteiger partial charge >= 0.3 is 0 Å². The number of alkyl halides is 1. The van der Waals surface area contributed by atoms with Gasteiger partial charge in [0, 0.05) is 17.6 Å². The predicted octanol–water partition coefficient (Wildman–Crippen LogP) is 2.91. The molecule has 17 heavy (non-hydrogen) atoms. The van der Waals surface area contributed by atoms with Crippen LogP contribution in [0.25, 0.3) is 0 Å². The van der Waals surface area contributed by atoms with E-state index in [0.717, 1.165) is 12.1 Å². The number of rotatable bonds is 6. The molecule has 0 saturated carbocycles. The van der Waals surface area contributed by atoms with Crippen molar-refractivity contribution in [2.24, 2.45) is 0 Å². The van der Waals surface area contributed by atoms with E-state index < -0.39 is 9.84 Å². The van der Waals surface area contributed by atoms with Gasteiger partial charge in [-0.15, -0.1) is 11.6 Å². The van der Waals surface area contributed by atoms with Crippen LogP contribution in [0.2, 0.25) is 0 Å². The normalized spacial score (nSPS) is 13.4. The summed E-state index contributed by atoms with van der Waals surface area (Å²) >= 11 is 5.65. The topological polar surface area (TPSA) is 46.2 Å². The first-order chi connectivity index (χ1) is 7.99. The first-order valence-electron chi connectivity index (χ1n) is 5.65. The largest absolute Gasteiger partial charge is 0.383 e. The smallest absolute Gasteiger partial charge is 0.178 e. The van der Waals surface area contributed by atoms with Crippen LogP contribution in [0.4, 0.5) is 5.69 Å². The van der Waals surface area contributed by atoms with Gasteiger partial charge in [-0.1, -0.05) is 6.92 Å². The number of hydrogen-bond donors (Lipinski definition) is 1. The molecule has 1 unspecified atom stereocenters. The summed E-state index contributed by atoms with van der Waals surface area (Å²) in [4.78, 5) is 0.371. The fraction of sp³-hybridized carbons (Fsp3) is 0.500. The van der Waals surface area contributed by atoms with Crippen molar-refractivity contribution in [2.45, 2.75) is 31.2 Å². The molecule has 0 saturated heterocycles. The van der Waals surface area contributed by atoms with E-state index in [1.54, 1.807) is 31.2 Å². The zero-order chi connectivity index (χ0) is 12.9. The fourth-order valence-corrected chi connectivity index (χ4v) is 2.66. The van der Waals surface area contributed by atoms with Crippen molar-refractivity contribution in [2.75, 3.05) is 16.9 Å². The minimum Gasteiger partial charge on any atom is -0.383 e. The molecule has 0 aliphatic heterocycles. The van der Waals surface area contributed by atoms with Gasteiger partial charge in [0.1, 0.15) is 0 Å². The molecule has 0 aromatic heterocycles. The van der Waals surface area contributed by atoms with E-state index in [1.165, 1.54) is 0 Å². The summed E-state index contributed by atoms with van der Waals surface area (Å²) in [7, 11) is -3.10. The van der Waals surface area contributed by atoms with Crippen molar-refractivity contribution in [1.82, 2.24) is 0 Å². The molecule has 1 atom stereocenters. The highest BCUT2D eigenvalue weighted by atomic mass is 35.5. The van der Waals surface area contributed by atoms with Crippen LogP contribution in [0, 0.1) is 0 Å². The number of sulfone groups is 1. The second kappa shape index (κ2) is 6.26. The highest BCUT2D eigenvalue weighted by Gasteiger charge is 2.10. The maximum Gasteiger partial charge on any atom is 0.178 e. The van der Waals surface area contributed by atoms with E-state index in [2.05, 4.69) is 5.32 Å². The van der Waals surface area contributed by atoms with Crippen LogP contribution in [-0.2, 0) is 9.84 Å². The third-order valence-electron chi connectivity index (χ3n) is 2.55. The lowest BCUT2D eigenvalue weighted by Gasteiger charge is -2.14. The summed E-state index contributed by atoms with van der Waals surface area (Å²) in [6.07, 6.45) is 0.872. The molecule has 0 bridgehead atoms. The third-order valence-corrected chi connectivity index (χ3v) is 4.52. The Balaban J connectivity index is 2.75. The summed E-state index contributed by atoms with van der Waals surface area (Å²) in [6.45, 7) is 3.68. The van der Waals surface area contributed by atoms with Crippen LogP contribution in [0.3, 0.4) is 0 Å². The second-order valence-corrected chi connectivity index (χ2v) is 6.61. The van der Waals surface area contributed by atoms with Crippen molar-refractivity contribution in [3.05, 3.63) is 24.3 Å². The van der Waals surface area contributed by atoms with Crippen molar-refractivity contribution < 1.29 is 8.42 Å². The van der Waals surface area contributed by atoms with Crippen LogP contribution in [0.1, 0.15) is 20.3 Å². The molecule has 0 heterocycles. The zero-order valence-electron chi connectivity index (χ0n) is 10.1. The van der Waals surface area contributed by atoms with Crippen LogP contribution in [0.5, 0.6) is 0 Å². The maximum atomic E-state index is 11.6. The van der Waals surface area contributed by atoms with Gasteiger partial charge in [0.25, 0.3) is 0 Å². The molecule has 1 rings (SSSR count). The van der Waals surface area contributed by atoms with Crippen molar-refractivity contribution >= 4 is 27.1 Å². The Labute approximate surface area is 108 Å². The van der Waals surface area contributed by atoms with Gasteiger partial charge in [0.05, 0.1) is 10.6 Å². The Morgan fingerprint density at radius 1 is 1.29 bits per heavy atom. The molecule has 0 spiro atoms. The molecule has 0 amide bonds. The summed E-state index contributed by atoms with van der Waals surface area (Å²) in [5.74, 6) is 0.735. The van der Waals surface area contributed by atoms with E-state index >= 15 is 0 Å². The number of benzene rings is 1. The SMILES string of the molecule is CCS(=O)(=O)c1ccc(NC(C)CCCl)cc1. The number of hydrogen-bond acceptors (Lipinski definition) is 3. The van der Waals surface area contributed by atoms with Gasteiger partial charge in [0.2, 0.25) is 0 Å². The third kappa shape index (κ3) is 4.21. The van der Waals surface area contributed by atoms with Gasteiger partial charge < -0.3 is 5.32 Å². The van der Waals surface area contributed by atoms with Crippen LogP contribution >= 0.6 is 11.6 Å². The van der Waals surface area contributed by atoms with Crippen molar-refractivity contribution in [3.63, 3.8) is 0 Å². The van der Waals surface area contributed by atoms with Gasteiger partial charge in [-0.3, -0.25) is 0 Å².